The first kappa shape index (κ1) is 46.7. The average Bonchev–Trinajstić information content (AvgIpc) is 3.24. The number of hydroxylamine groups is 2. The number of amides is 5. The molecule has 1 fully saturated rings. The highest BCUT2D eigenvalue weighted by atomic mass is 79.9. The third-order valence-corrected chi connectivity index (χ3v) is 6.45. The van der Waals surface area contributed by atoms with Gasteiger partial charge in [-0.1, -0.05) is 59.1 Å². The molecule has 5 amide bonds. The number of alkyl halides is 2. The van der Waals surface area contributed by atoms with Gasteiger partial charge < -0.3 is 25.5 Å². The quantitative estimate of drug-likeness (QED) is 0.124. The van der Waals surface area contributed by atoms with Crippen molar-refractivity contribution in [3.8, 4) is 0 Å². The van der Waals surface area contributed by atoms with Crippen LogP contribution in [0.2, 0.25) is 0 Å². The van der Waals surface area contributed by atoms with Gasteiger partial charge in [0.2, 0.25) is 17.7 Å². The summed E-state index contributed by atoms with van der Waals surface area (Å²) in [5, 5.41) is 9.34. The number of halogens is 2. The first-order valence-electron chi connectivity index (χ1n) is 15.7. The largest absolute Gasteiger partial charge is 0.364 e. The molecule has 3 N–H and O–H groups in total. The SMILES string of the molecule is CC(C)(C)CC(=O)CCCCCNC(=O)CBr.CC(C)(C)NC(=O)CCNC(=O)CBr.CC(C)(C)OCC(=O)ON1C(=O)CCC1=O. The van der Waals surface area contributed by atoms with Crippen molar-refractivity contribution < 1.29 is 43.1 Å². The molecule has 47 heavy (non-hydrogen) atoms. The van der Waals surface area contributed by atoms with E-state index < -0.39 is 23.4 Å². The summed E-state index contributed by atoms with van der Waals surface area (Å²) >= 11 is 6.11. The molecule has 13 nitrogen and oxygen atoms in total. The first-order chi connectivity index (χ1) is 21.5. The molecule has 0 aliphatic carbocycles. The summed E-state index contributed by atoms with van der Waals surface area (Å²) in [6.45, 7) is 18.2. The zero-order valence-electron chi connectivity index (χ0n) is 29.6. The van der Waals surface area contributed by atoms with Gasteiger partial charge in [0.25, 0.3) is 11.8 Å². The zero-order valence-corrected chi connectivity index (χ0v) is 32.7. The van der Waals surface area contributed by atoms with Crippen LogP contribution in [0.3, 0.4) is 0 Å². The van der Waals surface area contributed by atoms with Gasteiger partial charge in [0.1, 0.15) is 12.4 Å². The minimum absolute atomic E-state index is 0.0220. The number of carbonyl (C=O) groups is 7. The molecule has 0 aromatic heterocycles. The van der Waals surface area contributed by atoms with Gasteiger partial charge >= 0.3 is 5.97 Å². The fourth-order valence-electron chi connectivity index (χ4n) is 3.48. The minimum atomic E-state index is -0.751. The highest BCUT2D eigenvalue weighted by molar-refractivity contribution is 9.09. The second-order valence-corrected chi connectivity index (χ2v) is 15.2. The third-order valence-electron chi connectivity index (χ3n) is 5.44. The molecular formula is C32H56Br2N4O9. The number of ether oxygens (including phenoxy) is 1. The Morgan fingerprint density at radius 2 is 1.23 bits per heavy atom. The maximum atomic E-state index is 11.6. The molecule has 0 radical (unpaired) electrons. The van der Waals surface area contributed by atoms with Crippen molar-refractivity contribution in [3.05, 3.63) is 0 Å². The number of imide groups is 1. The number of nitrogens with zero attached hydrogens (tertiary/aromatic N) is 1. The van der Waals surface area contributed by atoms with E-state index in [1.54, 1.807) is 20.8 Å². The Bertz CT molecular complexity index is 1020. The predicted molar refractivity (Wildman–Crippen MR) is 187 cm³/mol. The fourth-order valence-corrected chi connectivity index (χ4v) is 3.88. The molecular weight excluding hydrogens is 744 g/mol. The first-order valence-corrected chi connectivity index (χ1v) is 17.9. The monoisotopic (exact) mass is 798 g/mol. The van der Waals surface area contributed by atoms with E-state index in [9.17, 15) is 33.6 Å². The van der Waals surface area contributed by atoms with Gasteiger partial charge in [0, 0.05) is 50.7 Å². The summed E-state index contributed by atoms with van der Waals surface area (Å²) in [4.78, 5) is 82.6. The fraction of sp³-hybridized carbons (Fsp3) is 0.781. The lowest BCUT2D eigenvalue weighted by molar-refractivity contribution is -0.202. The zero-order chi connectivity index (χ0) is 36.8. The van der Waals surface area contributed by atoms with E-state index in [-0.39, 0.29) is 53.5 Å². The summed E-state index contributed by atoms with van der Waals surface area (Å²) in [6.07, 6.45) is 4.70. The molecule has 1 heterocycles. The summed E-state index contributed by atoms with van der Waals surface area (Å²) in [5.74, 6) is -1.52. The van der Waals surface area contributed by atoms with Crippen LogP contribution in [0.1, 0.15) is 114 Å². The molecule has 1 aliphatic heterocycles. The average molecular weight is 801 g/mol. The van der Waals surface area contributed by atoms with Crippen LogP contribution in [0.5, 0.6) is 0 Å². The normalized spacial score (nSPS) is 13.0. The van der Waals surface area contributed by atoms with Crippen molar-refractivity contribution in [2.75, 3.05) is 30.4 Å². The Morgan fingerprint density at radius 1 is 0.723 bits per heavy atom. The Morgan fingerprint density at radius 3 is 1.68 bits per heavy atom. The number of carbonyl (C=O) groups excluding carboxylic acids is 7. The molecule has 0 atom stereocenters. The van der Waals surface area contributed by atoms with Crippen molar-refractivity contribution in [3.63, 3.8) is 0 Å². The van der Waals surface area contributed by atoms with E-state index in [1.165, 1.54) is 0 Å². The lowest BCUT2D eigenvalue weighted by Crippen LogP contribution is -2.42. The van der Waals surface area contributed by atoms with Crippen molar-refractivity contribution in [2.45, 2.75) is 125 Å². The summed E-state index contributed by atoms with van der Waals surface area (Å²) in [7, 11) is 0. The highest BCUT2D eigenvalue weighted by Gasteiger charge is 2.33. The van der Waals surface area contributed by atoms with Crippen LogP contribution < -0.4 is 16.0 Å². The van der Waals surface area contributed by atoms with Crippen molar-refractivity contribution >= 4 is 73.1 Å². The number of hydrogen-bond donors (Lipinski definition) is 3. The van der Waals surface area contributed by atoms with Gasteiger partial charge in [-0.05, 0) is 59.8 Å². The molecule has 0 unspecified atom stereocenters. The van der Waals surface area contributed by atoms with Gasteiger partial charge in [0.15, 0.2) is 0 Å². The van der Waals surface area contributed by atoms with E-state index in [0.29, 0.717) is 48.5 Å². The Kier molecular flexibility index (Phi) is 23.7. The van der Waals surface area contributed by atoms with Crippen LogP contribution in [0.4, 0.5) is 0 Å². The van der Waals surface area contributed by atoms with Crippen molar-refractivity contribution in [2.24, 2.45) is 5.41 Å². The van der Waals surface area contributed by atoms with E-state index >= 15 is 0 Å². The Hall–Kier alpha value is -2.39. The molecule has 1 aliphatic rings. The smallest absolute Gasteiger partial charge is 0.358 e. The summed E-state index contributed by atoms with van der Waals surface area (Å²) in [5.41, 5.74) is -0.588. The van der Waals surface area contributed by atoms with E-state index in [2.05, 4.69) is 73.4 Å². The van der Waals surface area contributed by atoms with Gasteiger partial charge in [-0.3, -0.25) is 28.8 Å². The van der Waals surface area contributed by atoms with Gasteiger partial charge in [-0.15, -0.1) is 5.06 Å². The molecule has 1 rings (SSSR count). The Balaban J connectivity index is 0. The Labute approximate surface area is 297 Å². The number of unbranched alkanes of at least 4 members (excludes halogenated alkanes) is 2. The number of nitrogens with one attached hydrogen (secondary N) is 3. The van der Waals surface area contributed by atoms with E-state index in [1.807, 2.05) is 20.8 Å². The second-order valence-electron chi connectivity index (χ2n) is 14.0. The molecule has 15 heteroatoms. The lowest BCUT2D eigenvalue weighted by atomic mass is 9.88. The van der Waals surface area contributed by atoms with E-state index in [0.717, 1.165) is 19.3 Å². The third kappa shape index (κ3) is 30.7. The van der Waals surface area contributed by atoms with Gasteiger partial charge in [-0.25, -0.2) is 4.79 Å². The maximum Gasteiger partial charge on any atom is 0.358 e. The van der Waals surface area contributed by atoms with Crippen LogP contribution >= 0.6 is 31.9 Å². The van der Waals surface area contributed by atoms with Crippen LogP contribution in [0.15, 0.2) is 0 Å². The summed E-state index contributed by atoms with van der Waals surface area (Å²) in [6, 6.07) is 0. The van der Waals surface area contributed by atoms with Crippen LogP contribution in [-0.2, 0) is 43.1 Å². The maximum absolute atomic E-state index is 11.6. The highest BCUT2D eigenvalue weighted by Crippen LogP contribution is 2.20. The van der Waals surface area contributed by atoms with Crippen LogP contribution in [0.25, 0.3) is 0 Å². The van der Waals surface area contributed by atoms with Gasteiger partial charge in [0.05, 0.1) is 16.3 Å². The predicted octanol–water partition coefficient (Wildman–Crippen LogP) is 4.27. The van der Waals surface area contributed by atoms with Crippen molar-refractivity contribution in [1.29, 1.82) is 0 Å². The van der Waals surface area contributed by atoms with Crippen LogP contribution in [-0.4, -0.2) is 87.8 Å². The number of rotatable bonds is 15. The van der Waals surface area contributed by atoms with Gasteiger partial charge in [-0.2, -0.15) is 0 Å². The molecule has 1 saturated heterocycles. The number of hydrogen-bond acceptors (Lipinski definition) is 9. The minimum Gasteiger partial charge on any atom is -0.364 e. The number of ketones is 1. The lowest BCUT2D eigenvalue weighted by Gasteiger charge is -2.20. The molecule has 272 valence electrons. The molecule has 0 spiro atoms. The molecule has 0 saturated carbocycles. The van der Waals surface area contributed by atoms with E-state index in [4.69, 9.17) is 4.74 Å². The number of Topliss-reactive ketones (excluding diaryl/α,β-unsaturated/α-hetero) is 1. The molecule has 0 aromatic carbocycles. The topological polar surface area (TPSA) is 177 Å². The van der Waals surface area contributed by atoms with Crippen molar-refractivity contribution in [1.82, 2.24) is 21.0 Å². The second kappa shape index (κ2) is 23.9. The summed E-state index contributed by atoms with van der Waals surface area (Å²) < 4.78 is 5.15. The molecule has 0 bridgehead atoms. The van der Waals surface area contributed by atoms with Crippen LogP contribution in [0, 0.1) is 5.41 Å². The standard InChI is InChI=1S/C13H24BrNO2.C10H15NO5.C9H17BrN2O2/c1-13(2,3)9-11(16)7-5-4-6-8-15-12(17)10-14;1-10(2,3)15-6-9(14)16-11-7(12)4-5-8(11)13;1-9(2,3)12-7(13)4-5-11-8(14)6-10/h4-10H2,1-3H3,(H,15,17);4-6H2,1-3H3;4-6H2,1-3H3,(H,11,14)(H,12,13). The molecule has 0 aromatic rings.